The normalized spacial score (nSPS) is 11.9. The quantitative estimate of drug-likeness (QED) is 0.537. The van der Waals surface area contributed by atoms with E-state index in [4.69, 9.17) is 0 Å². The number of aromatic nitrogens is 2. The summed E-state index contributed by atoms with van der Waals surface area (Å²) in [7, 11) is 0. The second-order valence-electron chi connectivity index (χ2n) is 4.20. The van der Waals surface area contributed by atoms with Gasteiger partial charge in [-0.3, -0.25) is 14.5 Å². The van der Waals surface area contributed by atoms with Crippen molar-refractivity contribution in [3.8, 4) is 0 Å². The first-order chi connectivity index (χ1) is 9.63. The van der Waals surface area contributed by atoms with Crippen LogP contribution < -0.4 is 5.49 Å². The fraction of sp³-hybridized carbons (Fsp3) is 0.0769. The van der Waals surface area contributed by atoms with Crippen molar-refractivity contribution in [1.29, 1.82) is 0 Å². The summed E-state index contributed by atoms with van der Waals surface area (Å²) in [6.45, 7) is 1.91. The van der Waals surface area contributed by atoms with E-state index in [2.05, 4.69) is 9.98 Å². The zero-order chi connectivity index (χ0) is 14.1. The summed E-state index contributed by atoms with van der Waals surface area (Å²) in [5.74, 6) is 0. The number of fused-ring (bicyclic) bond motifs is 1. The Morgan fingerprint density at radius 3 is 2.80 bits per heavy atom. The lowest BCUT2D eigenvalue weighted by Crippen LogP contribution is -2.13. The molecule has 2 aromatic heterocycles. The number of nitro groups is 1. The summed E-state index contributed by atoms with van der Waals surface area (Å²) in [4.78, 5) is 20.0. The maximum atomic E-state index is 10.6. The Labute approximate surface area is 117 Å². The van der Waals surface area contributed by atoms with Crippen LogP contribution in [0, 0.1) is 17.0 Å². The number of hydrogen-bond donors (Lipinski definition) is 0. The molecule has 0 spiro atoms. The first-order valence-corrected chi connectivity index (χ1v) is 6.74. The van der Waals surface area contributed by atoms with Crippen LogP contribution in [-0.2, 0) is 0 Å². The zero-order valence-electron chi connectivity index (χ0n) is 10.6. The zero-order valence-corrected chi connectivity index (χ0v) is 11.4. The van der Waals surface area contributed by atoms with Crippen molar-refractivity contribution < 1.29 is 4.92 Å². The largest absolute Gasteiger partial charge is 0.276 e. The van der Waals surface area contributed by atoms with E-state index >= 15 is 0 Å². The Hall–Kier alpha value is -2.54. The van der Waals surface area contributed by atoms with E-state index in [0.717, 1.165) is 16.1 Å². The lowest BCUT2D eigenvalue weighted by molar-refractivity contribution is -0.384. The molecule has 0 aliphatic carbocycles. The van der Waals surface area contributed by atoms with Crippen molar-refractivity contribution in [2.45, 2.75) is 6.92 Å². The Morgan fingerprint density at radius 2 is 2.10 bits per heavy atom. The molecule has 0 unspecified atom stereocenters. The van der Waals surface area contributed by atoms with Crippen molar-refractivity contribution in [3.63, 3.8) is 0 Å². The first kappa shape index (κ1) is 12.5. The standard InChI is InChI=1S/C13H10N4O2S/c1-9-8-12(16-6-7-20-13(16)14-9)15-10-2-4-11(5-3-10)17(18)19/h2-8H,1H3. The molecule has 0 saturated heterocycles. The molecule has 0 aliphatic rings. The lowest BCUT2D eigenvalue weighted by Gasteiger charge is -1.98. The highest BCUT2D eigenvalue weighted by atomic mass is 32.1. The van der Waals surface area contributed by atoms with Crippen LogP contribution in [0.1, 0.15) is 5.69 Å². The van der Waals surface area contributed by atoms with Gasteiger partial charge in [0.25, 0.3) is 5.69 Å². The van der Waals surface area contributed by atoms with Crippen LogP contribution in [0.5, 0.6) is 0 Å². The van der Waals surface area contributed by atoms with Gasteiger partial charge in [0.05, 0.1) is 10.6 Å². The summed E-state index contributed by atoms with van der Waals surface area (Å²) >= 11 is 1.54. The molecule has 2 heterocycles. The average molecular weight is 286 g/mol. The maximum Gasteiger partial charge on any atom is 0.269 e. The number of aryl methyl sites for hydroxylation is 1. The summed E-state index contributed by atoms with van der Waals surface area (Å²) in [6, 6.07) is 8.03. The number of rotatable bonds is 2. The van der Waals surface area contributed by atoms with Crippen LogP contribution in [-0.4, -0.2) is 14.3 Å². The van der Waals surface area contributed by atoms with E-state index in [1.165, 1.54) is 23.5 Å². The van der Waals surface area contributed by atoms with Gasteiger partial charge in [-0.1, -0.05) is 0 Å². The topological polar surface area (TPSA) is 72.8 Å². The van der Waals surface area contributed by atoms with Crippen LogP contribution in [0.3, 0.4) is 0 Å². The van der Waals surface area contributed by atoms with E-state index in [-0.39, 0.29) is 5.69 Å². The van der Waals surface area contributed by atoms with Gasteiger partial charge in [0, 0.05) is 35.5 Å². The molecule has 0 bridgehead atoms. The van der Waals surface area contributed by atoms with Crippen molar-refractivity contribution in [2.24, 2.45) is 4.99 Å². The van der Waals surface area contributed by atoms with Gasteiger partial charge >= 0.3 is 0 Å². The monoisotopic (exact) mass is 286 g/mol. The number of hydrogen-bond acceptors (Lipinski definition) is 5. The molecule has 0 fully saturated rings. The van der Waals surface area contributed by atoms with Gasteiger partial charge in [-0.15, -0.1) is 11.3 Å². The van der Waals surface area contributed by atoms with Gasteiger partial charge in [0.15, 0.2) is 4.96 Å². The van der Waals surface area contributed by atoms with Gasteiger partial charge in [0.1, 0.15) is 5.49 Å². The molecule has 1 aromatic carbocycles. The van der Waals surface area contributed by atoms with Crippen LogP contribution in [0.15, 0.2) is 46.9 Å². The Bertz CT molecular complexity index is 849. The molecule has 0 N–H and O–H groups in total. The minimum Gasteiger partial charge on any atom is -0.276 e. The second-order valence-corrected chi connectivity index (χ2v) is 5.07. The molecular weight excluding hydrogens is 276 g/mol. The number of non-ortho nitro benzene ring substituents is 1. The molecule has 100 valence electrons. The third kappa shape index (κ3) is 2.30. The minimum atomic E-state index is -0.424. The molecule has 3 aromatic rings. The second kappa shape index (κ2) is 4.86. The maximum absolute atomic E-state index is 10.6. The van der Waals surface area contributed by atoms with Gasteiger partial charge in [0.2, 0.25) is 0 Å². The van der Waals surface area contributed by atoms with Gasteiger partial charge in [-0.2, -0.15) is 0 Å². The Balaban J connectivity index is 2.14. The van der Waals surface area contributed by atoms with Crippen molar-refractivity contribution in [1.82, 2.24) is 9.38 Å². The number of benzene rings is 1. The minimum absolute atomic E-state index is 0.0585. The fourth-order valence-corrected chi connectivity index (χ4v) is 2.60. The molecule has 0 amide bonds. The van der Waals surface area contributed by atoms with Crippen LogP contribution in [0.2, 0.25) is 0 Å². The number of nitrogens with zero attached hydrogens (tertiary/aromatic N) is 4. The van der Waals surface area contributed by atoms with E-state index in [1.54, 1.807) is 12.1 Å². The molecule has 6 nitrogen and oxygen atoms in total. The Kier molecular flexibility index (Phi) is 3.03. The van der Waals surface area contributed by atoms with E-state index in [0.29, 0.717) is 5.69 Å². The summed E-state index contributed by atoms with van der Waals surface area (Å²) in [5, 5.41) is 12.6. The number of nitro benzene ring substituents is 1. The van der Waals surface area contributed by atoms with E-state index in [1.807, 2.05) is 29.0 Å². The smallest absolute Gasteiger partial charge is 0.269 e. The van der Waals surface area contributed by atoms with Crippen LogP contribution in [0.25, 0.3) is 4.96 Å². The molecular formula is C13H10N4O2S. The molecule has 3 rings (SSSR count). The molecule has 0 radical (unpaired) electrons. The highest BCUT2D eigenvalue weighted by molar-refractivity contribution is 7.15. The summed E-state index contributed by atoms with van der Waals surface area (Å²) in [5.41, 5.74) is 2.36. The molecule has 7 heteroatoms. The van der Waals surface area contributed by atoms with E-state index in [9.17, 15) is 10.1 Å². The first-order valence-electron chi connectivity index (χ1n) is 5.86. The predicted octanol–water partition coefficient (Wildman–Crippen LogP) is 2.84. The third-order valence-corrected chi connectivity index (χ3v) is 3.51. The lowest BCUT2D eigenvalue weighted by atomic mass is 10.3. The summed E-state index contributed by atoms with van der Waals surface area (Å²) < 4.78 is 1.89. The van der Waals surface area contributed by atoms with Crippen molar-refractivity contribution >= 4 is 27.7 Å². The predicted molar refractivity (Wildman–Crippen MR) is 76.1 cm³/mol. The molecule has 0 aliphatic heterocycles. The van der Waals surface area contributed by atoms with Gasteiger partial charge < -0.3 is 0 Å². The van der Waals surface area contributed by atoms with Crippen LogP contribution in [0.4, 0.5) is 11.4 Å². The van der Waals surface area contributed by atoms with Crippen molar-refractivity contribution in [3.05, 3.63) is 63.2 Å². The highest BCUT2D eigenvalue weighted by Crippen LogP contribution is 2.17. The molecule has 0 saturated carbocycles. The fourth-order valence-electron chi connectivity index (χ4n) is 1.83. The molecule has 20 heavy (non-hydrogen) atoms. The average Bonchev–Trinajstić information content (AvgIpc) is 2.87. The van der Waals surface area contributed by atoms with Gasteiger partial charge in [-0.25, -0.2) is 9.98 Å². The van der Waals surface area contributed by atoms with Crippen molar-refractivity contribution in [2.75, 3.05) is 0 Å². The number of thiazole rings is 1. The van der Waals surface area contributed by atoms with Gasteiger partial charge in [-0.05, 0) is 19.1 Å². The molecule has 0 atom stereocenters. The third-order valence-electron chi connectivity index (χ3n) is 2.75. The highest BCUT2D eigenvalue weighted by Gasteiger charge is 2.04. The summed E-state index contributed by atoms with van der Waals surface area (Å²) in [6.07, 6.45) is 1.90. The SMILES string of the molecule is Cc1cc(=Nc2ccc([N+](=O)[O-])cc2)n2ccsc2n1. The van der Waals surface area contributed by atoms with E-state index < -0.39 is 4.92 Å². The van der Waals surface area contributed by atoms with Crippen LogP contribution >= 0.6 is 11.3 Å². The Morgan fingerprint density at radius 1 is 1.35 bits per heavy atom.